The van der Waals surface area contributed by atoms with Crippen LogP contribution in [0.1, 0.15) is 25.5 Å². The van der Waals surface area contributed by atoms with Crippen molar-refractivity contribution in [2.75, 3.05) is 0 Å². The molecule has 3 N–H and O–H groups in total. The summed E-state index contributed by atoms with van der Waals surface area (Å²) >= 11 is 4.76. The van der Waals surface area contributed by atoms with Crippen molar-refractivity contribution in [1.82, 2.24) is 9.71 Å². The van der Waals surface area contributed by atoms with Gasteiger partial charge >= 0.3 is 0 Å². The van der Waals surface area contributed by atoms with Crippen molar-refractivity contribution in [3.8, 4) is 0 Å². The number of thiocarbonyl (C=S) groups is 1. The van der Waals surface area contributed by atoms with E-state index in [4.69, 9.17) is 18.0 Å². The lowest BCUT2D eigenvalue weighted by atomic mass is 10.2. The second-order valence-corrected chi connectivity index (χ2v) is 6.64. The van der Waals surface area contributed by atoms with Gasteiger partial charge in [0.15, 0.2) is 0 Å². The number of hydrogen-bond acceptors (Lipinski definition) is 4. The summed E-state index contributed by atoms with van der Waals surface area (Å²) in [5.74, 6) is 0.462. The van der Waals surface area contributed by atoms with E-state index in [1.54, 1.807) is 0 Å². The molecule has 0 aliphatic heterocycles. The van der Waals surface area contributed by atoms with E-state index >= 15 is 0 Å². The summed E-state index contributed by atoms with van der Waals surface area (Å²) in [6.07, 6.45) is 3.45. The Kier molecular flexibility index (Phi) is 3.65. The highest BCUT2D eigenvalue weighted by atomic mass is 32.2. The van der Waals surface area contributed by atoms with E-state index in [1.807, 2.05) is 6.92 Å². The van der Waals surface area contributed by atoms with Gasteiger partial charge in [-0.3, -0.25) is 4.98 Å². The highest BCUT2D eigenvalue weighted by molar-refractivity contribution is 7.89. The van der Waals surface area contributed by atoms with Crippen LogP contribution in [-0.2, 0) is 10.0 Å². The van der Waals surface area contributed by atoms with Crippen LogP contribution in [0.5, 0.6) is 0 Å². The molecule has 1 aliphatic rings. The van der Waals surface area contributed by atoms with E-state index in [9.17, 15) is 8.42 Å². The standard InChI is InChI=1S/C11H15N3O2S2/c1-7(8-2-3-8)14-18(15,16)9-4-5-10(11(12)17)13-6-9/h4-8,14H,2-3H2,1H3,(H2,12,17). The Morgan fingerprint density at radius 2 is 2.22 bits per heavy atom. The maximum absolute atomic E-state index is 12.0. The Morgan fingerprint density at radius 3 is 2.67 bits per heavy atom. The molecule has 5 nitrogen and oxygen atoms in total. The molecule has 0 spiro atoms. The van der Waals surface area contributed by atoms with Crippen LogP contribution in [0, 0.1) is 5.92 Å². The molecule has 1 heterocycles. The van der Waals surface area contributed by atoms with Crippen LogP contribution in [0.4, 0.5) is 0 Å². The predicted molar refractivity (Wildman–Crippen MR) is 72.6 cm³/mol. The number of nitrogens with two attached hydrogens (primary N) is 1. The number of hydrogen-bond donors (Lipinski definition) is 2. The molecule has 0 amide bonds. The molecule has 1 aromatic rings. The minimum Gasteiger partial charge on any atom is -0.388 e. The minimum absolute atomic E-state index is 0.0368. The first-order valence-electron chi connectivity index (χ1n) is 5.68. The summed E-state index contributed by atoms with van der Waals surface area (Å²) in [5, 5.41) is 0. The normalized spacial score (nSPS) is 17.4. The van der Waals surface area contributed by atoms with Gasteiger partial charge in [0.1, 0.15) is 9.88 Å². The Labute approximate surface area is 112 Å². The number of sulfonamides is 1. The number of rotatable bonds is 5. The Balaban J connectivity index is 2.15. The molecular weight excluding hydrogens is 270 g/mol. The first-order valence-corrected chi connectivity index (χ1v) is 7.57. The van der Waals surface area contributed by atoms with Crippen molar-refractivity contribution in [2.24, 2.45) is 11.7 Å². The van der Waals surface area contributed by atoms with Crippen molar-refractivity contribution in [2.45, 2.75) is 30.7 Å². The SMILES string of the molecule is CC(NS(=O)(=O)c1ccc(C(N)=S)nc1)C1CC1. The average Bonchev–Trinajstić information content (AvgIpc) is 3.12. The van der Waals surface area contributed by atoms with Crippen molar-refractivity contribution in [1.29, 1.82) is 0 Å². The third-order valence-corrected chi connectivity index (χ3v) is 4.72. The fourth-order valence-corrected chi connectivity index (χ4v) is 3.07. The van der Waals surface area contributed by atoms with Gasteiger partial charge in [-0.05, 0) is 37.8 Å². The highest BCUT2D eigenvalue weighted by Crippen LogP contribution is 2.32. The molecule has 0 saturated heterocycles. The molecule has 1 atom stereocenters. The van der Waals surface area contributed by atoms with Gasteiger partial charge in [-0.2, -0.15) is 0 Å². The monoisotopic (exact) mass is 285 g/mol. The predicted octanol–water partition coefficient (Wildman–Crippen LogP) is 0.793. The molecule has 2 rings (SSSR count). The lowest BCUT2D eigenvalue weighted by Gasteiger charge is -2.13. The summed E-state index contributed by atoms with van der Waals surface area (Å²) < 4.78 is 26.7. The maximum Gasteiger partial charge on any atom is 0.242 e. The van der Waals surface area contributed by atoms with Crippen molar-refractivity contribution >= 4 is 27.2 Å². The number of nitrogens with zero attached hydrogens (tertiary/aromatic N) is 1. The summed E-state index contributed by atoms with van der Waals surface area (Å²) in [6.45, 7) is 1.88. The third-order valence-electron chi connectivity index (χ3n) is 2.97. The minimum atomic E-state index is -3.50. The Bertz CT molecular complexity index is 550. The number of aromatic nitrogens is 1. The summed E-state index contributed by atoms with van der Waals surface area (Å²) in [7, 11) is -3.50. The van der Waals surface area contributed by atoms with Gasteiger partial charge in [-0.15, -0.1) is 0 Å². The lowest BCUT2D eigenvalue weighted by molar-refractivity contribution is 0.538. The Hall–Kier alpha value is -1.05. The second kappa shape index (κ2) is 4.91. The molecule has 1 fully saturated rings. The zero-order valence-electron chi connectivity index (χ0n) is 9.96. The molecule has 0 radical (unpaired) electrons. The summed E-state index contributed by atoms with van der Waals surface area (Å²) in [6, 6.07) is 2.94. The first-order chi connectivity index (χ1) is 8.40. The van der Waals surface area contributed by atoms with E-state index in [1.165, 1.54) is 18.3 Å². The van der Waals surface area contributed by atoms with Gasteiger partial charge in [0.2, 0.25) is 10.0 Å². The smallest absolute Gasteiger partial charge is 0.242 e. The van der Waals surface area contributed by atoms with E-state index in [0.29, 0.717) is 11.6 Å². The number of pyridine rings is 1. The highest BCUT2D eigenvalue weighted by Gasteiger charge is 2.31. The van der Waals surface area contributed by atoms with Crippen LogP contribution in [-0.4, -0.2) is 24.4 Å². The van der Waals surface area contributed by atoms with E-state index in [-0.39, 0.29) is 15.9 Å². The van der Waals surface area contributed by atoms with Crippen LogP contribution >= 0.6 is 12.2 Å². The van der Waals surface area contributed by atoms with E-state index < -0.39 is 10.0 Å². The molecule has 1 aromatic heterocycles. The second-order valence-electron chi connectivity index (χ2n) is 4.49. The molecular formula is C11H15N3O2S2. The van der Waals surface area contributed by atoms with Gasteiger partial charge in [-0.25, -0.2) is 13.1 Å². The molecule has 1 saturated carbocycles. The van der Waals surface area contributed by atoms with E-state index in [2.05, 4.69) is 9.71 Å². The largest absolute Gasteiger partial charge is 0.388 e. The molecule has 1 aliphatic carbocycles. The van der Waals surface area contributed by atoms with Crippen molar-refractivity contribution in [3.63, 3.8) is 0 Å². The topological polar surface area (TPSA) is 85.1 Å². The molecule has 7 heteroatoms. The van der Waals surface area contributed by atoms with Crippen LogP contribution in [0.15, 0.2) is 23.2 Å². The van der Waals surface area contributed by atoms with Crippen LogP contribution in [0.2, 0.25) is 0 Å². The molecule has 98 valence electrons. The zero-order valence-corrected chi connectivity index (χ0v) is 11.6. The van der Waals surface area contributed by atoms with Crippen molar-refractivity contribution in [3.05, 3.63) is 24.0 Å². The maximum atomic E-state index is 12.0. The summed E-state index contributed by atoms with van der Waals surface area (Å²) in [4.78, 5) is 4.21. The summed E-state index contributed by atoms with van der Waals surface area (Å²) in [5.41, 5.74) is 5.82. The van der Waals surface area contributed by atoms with Crippen LogP contribution in [0.3, 0.4) is 0 Å². The van der Waals surface area contributed by atoms with Gasteiger partial charge in [0, 0.05) is 12.2 Å². The van der Waals surface area contributed by atoms with Crippen molar-refractivity contribution < 1.29 is 8.42 Å². The van der Waals surface area contributed by atoms with Crippen LogP contribution < -0.4 is 10.5 Å². The third kappa shape index (κ3) is 3.04. The van der Waals surface area contributed by atoms with Gasteiger partial charge in [0.05, 0.1) is 5.69 Å². The van der Waals surface area contributed by atoms with Gasteiger partial charge in [0.25, 0.3) is 0 Å². The van der Waals surface area contributed by atoms with Gasteiger partial charge < -0.3 is 5.73 Å². The quantitative estimate of drug-likeness (QED) is 0.781. The molecule has 18 heavy (non-hydrogen) atoms. The van der Waals surface area contributed by atoms with E-state index in [0.717, 1.165) is 12.8 Å². The number of nitrogens with one attached hydrogen (secondary N) is 1. The fourth-order valence-electron chi connectivity index (χ4n) is 1.69. The first kappa shape index (κ1) is 13.4. The van der Waals surface area contributed by atoms with Gasteiger partial charge in [-0.1, -0.05) is 12.2 Å². The lowest BCUT2D eigenvalue weighted by Crippen LogP contribution is -2.34. The fraction of sp³-hybridized carbons (Fsp3) is 0.455. The zero-order chi connectivity index (χ0) is 13.3. The van der Waals surface area contributed by atoms with Crippen LogP contribution in [0.25, 0.3) is 0 Å². The molecule has 0 aromatic carbocycles. The molecule has 0 bridgehead atoms. The Morgan fingerprint density at radius 1 is 1.56 bits per heavy atom. The average molecular weight is 285 g/mol. The molecule has 1 unspecified atom stereocenters.